The summed E-state index contributed by atoms with van der Waals surface area (Å²) in [6, 6.07) is 0. The first kappa shape index (κ1) is 13.9. The van der Waals surface area contributed by atoms with Crippen LogP contribution in [0.2, 0.25) is 0 Å². The summed E-state index contributed by atoms with van der Waals surface area (Å²) in [7, 11) is 1.77. The molecule has 2 nitrogen and oxygen atoms in total. The van der Waals surface area contributed by atoms with Gasteiger partial charge in [0, 0.05) is 7.11 Å². The minimum atomic E-state index is -0.0225. The van der Waals surface area contributed by atoms with Crippen LogP contribution in [0, 0.1) is 11.3 Å². The van der Waals surface area contributed by atoms with Crippen LogP contribution < -0.4 is 5.73 Å². The van der Waals surface area contributed by atoms with Gasteiger partial charge in [0.2, 0.25) is 0 Å². The molecule has 0 aliphatic heterocycles. The number of hydrogen-bond acceptors (Lipinski definition) is 2. The van der Waals surface area contributed by atoms with E-state index in [1.165, 1.54) is 0 Å². The van der Waals surface area contributed by atoms with E-state index in [1.807, 2.05) is 0 Å². The molecule has 0 aromatic rings. The Balaban J connectivity index is 4.21. The number of rotatable bonds is 6. The van der Waals surface area contributed by atoms with Gasteiger partial charge in [-0.05, 0) is 44.6 Å². The van der Waals surface area contributed by atoms with Gasteiger partial charge in [0.1, 0.15) is 0 Å². The van der Waals surface area contributed by atoms with Crippen molar-refractivity contribution in [2.45, 2.75) is 53.1 Å². The maximum atomic E-state index is 5.84. The second kappa shape index (κ2) is 5.13. The summed E-state index contributed by atoms with van der Waals surface area (Å²) in [5.41, 5.74) is 6.06. The zero-order chi connectivity index (χ0) is 11.4. The van der Waals surface area contributed by atoms with Crippen LogP contribution in [0.3, 0.4) is 0 Å². The topological polar surface area (TPSA) is 35.2 Å². The average molecular weight is 201 g/mol. The highest BCUT2D eigenvalue weighted by atomic mass is 16.5. The average Bonchev–Trinajstić information content (AvgIpc) is 2.14. The zero-order valence-electron chi connectivity index (χ0n) is 10.7. The van der Waals surface area contributed by atoms with Crippen LogP contribution in [0.4, 0.5) is 0 Å². The molecule has 0 aliphatic rings. The van der Waals surface area contributed by atoms with Crippen molar-refractivity contribution in [3.63, 3.8) is 0 Å². The molecule has 0 saturated carbocycles. The number of ether oxygens (including phenoxy) is 1. The van der Waals surface area contributed by atoms with Crippen molar-refractivity contribution in [3.8, 4) is 0 Å². The molecule has 1 unspecified atom stereocenters. The van der Waals surface area contributed by atoms with Gasteiger partial charge in [0.25, 0.3) is 0 Å². The molecule has 0 fully saturated rings. The zero-order valence-corrected chi connectivity index (χ0v) is 10.7. The van der Waals surface area contributed by atoms with Crippen LogP contribution in [-0.2, 0) is 4.74 Å². The molecule has 0 aromatic heterocycles. The van der Waals surface area contributed by atoms with Crippen molar-refractivity contribution in [2.75, 3.05) is 13.7 Å². The fraction of sp³-hybridized carbons (Fsp3) is 1.00. The van der Waals surface area contributed by atoms with Crippen molar-refractivity contribution in [1.29, 1.82) is 0 Å². The van der Waals surface area contributed by atoms with Crippen LogP contribution in [0.5, 0.6) is 0 Å². The molecule has 14 heavy (non-hydrogen) atoms. The van der Waals surface area contributed by atoms with E-state index in [2.05, 4.69) is 34.6 Å². The van der Waals surface area contributed by atoms with Gasteiger partial charge in [0.05, 0.1) is 5.60 Å². The van der Waals surface area contributed by atoms with E-state index in [-0.39, 0.29) is 11.0 Å². The van der Waals surface area contributed by atoms with Crippen molar-refractivity contribution >= 4 is 0 Å². The predicted molar refractivity (Wildman–Crippen MR) is 62.3 cm³/mol. The molecule has 1 atom stereocenters. The van der Waals surface area contributed by atoms with Gasteiger partial charge >= 0.3 is 0 Å². The quantitative estimate of drug-likeness (QED) is 0.717. The van der Waals surface area contributed by atoms with Crippen LogP contribution >= 0.6 is 0 Å². The fourth-order valence-corrected chi connectivity index (χ4v) is 1.32. The Hall–Kier alpha value is -0.0800. The van der Waals surface area contributed by atoms with E-state index in [0.29, 0.717) is 5.92 Å². The smallest absolute Gasteiger partial charge is 0.0623 e. The first-order chi connectivity index (χ1) is 6.27. The molecule has 0 amide bonds. The fourth-order valence-electron chi connectivity index (χ4n) is 1.32. The van der Waals surface area contributed by atoms with Gasteiger partial charge in [-0.3, -0.25) is 0 Å². The van der Waals surface area contributed by atoms with E-state index >= 15 is 0 Å². The summed E-state index contributed by atoms with van der Waals surface area (Å²) in [6.07, 6.45) is 2.19. The molecule has 86 valence electrons. The molecular formula is C12H27NO. The standard InChI is InChI=1S/C12H27NO/c1-10(2)12(5,9-13)8-7-11(3,4)14-6/h10H,7-9,13H2,1-6H3. The monoisotopic (exact) mass is 201 g/mol. The minimum absolute atomic E-state index is 0.0225. The van der Waals surface area contributed by atoms with Crippen molar-refractivity contribution in [2.24, 2.45) is 17.1 Å². The van der Waals surface area contributed by atoms with Crippen LogP contribution in [0.15, 0.2) is 0 Å². The molecule has 0 saturated heterocycles. The summed E-state index contributed by atoms with van der Waals surface area (Å²) in [6.45, 7) is 11.8. The van der Waals surface area contributed by atoms with Gasteiger partial charge in [0.15, 0.2) is 0 Å². The van der Waals surface area contributed by atoms with Crippen LogP contribution in [0.1, 0.15) is 47.5 Å². The lowest BCUT2D eigenvalue weighted by Crippen LogP contribution is -2.35. The normalized spacial score (nSPS) is 17.1. The summed E-state index contributed by atoms with van der Waals surface area (Å²) >= 11 is 0. The lowest BCUT2D eigenvalue weighted by atomic mass is 9.74. The van der Waals surface area contributed by atoms with Gasteiger partial charge in [-0.15, -0.1) is 0 Å². The molecule has 0 spiro atoms. The van der Waals surface area contributed by atoms with E-state index in [1.54, 1.807) is 7.11 Å². The Labute approximate surface area is 89.2 Å². The Morgan fingerprint density at radius 1 is 1.14 bits per heavy atom. The minimum Gasteiger partial charge on any atom is -0.379 e. The summed E-state index contributed by atoms with van der Waals surface area (Å²) in [5.74, 6) is 0.625. The highest BCUT2D eigenvalue weighted by molar-refractivity contribution is 4.82. The van der Waals surface area contributed by atoms with Crippen LogP contribution in [-0.4, -0.2) is 19.3 Å². The number of hydrogen-bond donors (Lipinski definition) is 1. The van der Waals surface area contributed by atoms with Crippen molar-refractivity contribution in [1.82, 2.24) is 0 Å². The molecular weight excluding hydrogens is 174 g/mol. The van der Waals surface area contributed by atoms with E-state index in [0.717, 1.165) is 19.4 Å². The van der Waals surface area contributed by atoms with Gasteiger partial charge in [-0.2, -0.15) is 0 Å². The summed E-state index contributed by atoms with van der Waals surface area (Å²) in [5, 5.41) is 0. The Morgan fingerprint density at radius 2 is 1.64 bits per heavy atom. The first-order valence-electron chi connectivity index (χ1n) is 5.52. The maximum absolute atomic E-state index is 5.84. The van der Waals surface area contributed by atoms with Crippen molar-refractivity contribution in [3.05, 3.63) is 0 Å². The third-order valence-electron chi connectivity index (χ3n) is 3.71. The second-order valence-corrected chi connectivity index (χ2v) is 5.48. The molecule has 0 bridgehead atoms. The first-order valence-corrected chi connectivity index (χ1v) is 5.52. The highest BCUT2D eigenvalue weighted by Gasteiger charge is 2.29. The Bertz CT molecular complexity index is 166. The van der Waals surface area contributed by atoms with Gasteiger partial charge < -0.3 is 10.5 Å². The van der Waals surface area contributed by atoms with E-state index < -0.39 is 0 Å². The summed E-state index contributed by atoms with van der Waals surface area (Å²) in [4.78, 5) is 0. The molecule has 0 aromatic carbocycles. The SMILES string of the molecule is COC(C)(C)CCC(C)(CN)C(C)C. The molecule has 2 N–H and O–H groups in total. The third kappa shape index (κ3) is 3.97. The molecule has 2 heteroatoms. The Kier molecular flexibility index (Phi) is 5.10. The van der Waals surface area contributed by atoms with Gasteiger partial charge in [-0.25, -0.2) is 0 Å². The molecule has 0 aliphatic carbocycles. The third-order valence-corrected chi connectivity index (χ3v) is 3.71. The number of methoxy groups -OCH3 is 1. The Morgan fingerprint density at radius 3 is 1.93 bits per heavy atom. The van der Waals surface area contributed by atoms with Crippen LogP contribution in [0.25, 0.3) is 0 Å². The van der Waals surface area contributed by atoms with E-state index in [9.17, 15) is 0 Å². The largest absolute Gasteiger partial charge is 0.379 e. The summed E-state index contributed by atoms with van der Waals surface area (Å²) < 4.78 is 5.42. The van der Waals surface area contributed by atoms with E-state index in [4.69, 9.17) is 10.5 Å². The number of nitrogens with two attached hydrogens (primary N) is 1. The highest BCUT2D eigenvalue weighted by Crippen LogP contribution is 2.33. The predicted octanol–water partition coefficient (Wildman–Crippen LogP) is 2.81. The second-order valence-electron chi connectivity index (χ2n) is 5.48. The lowest BCUT2D eigenvalue weighted by molar-refractivity contribution is 0.00132. The molecule has 0 heterocycles. The van der Waals surface area contributed by atoms with Crippen molar-refractivity contribution < 1.29 is 4.74 Å². The van der Waals surface area contributed by atoms with Gasteiger partial charge in [-0.1, -0.05) is 20.8 Å². The lowest BCUT2D eigenvalue weighted by Gasteiger charge is -2.35. The molecule has 0 radical (unpaired) electrons. The maximum Gasteiger partial charge on any atom is 0.0623 e. The molecule has 0 rings (SSSR count).